The van der Waals surface area contributed by atoms with Crippen LogP contribution >= 0.6 is 12.4 Å². The molecule has 0 aliphatic carbocycles. The molecule has 0 saturated carbocycles. The smallest absolute Gasteiger partial charge is 0.0366 e. The largest absolute Gasteiger partial charge is 0.372 e. The number of benzene rings is 2. The summed E-state index contributed by atoms with van der Waals surface area (Å²) in [5.41, 5.74) is 5.38. The van der Waals surface area contributed by atoms with Crippen molar-refractivity contribution >= 4 is 18.1 Å². The van der Waals surface area contributed by atoms with Gasteiger partial charge in [-0.05, 0) is 43.0 Å². The van der Waals surface area contributed by atoms with Gasteiger partial charge in [0.2, 0.25) is 0 Å². The van der Waals surface area contributed by atoms with Crippen molar-refractivity contribution in [2.45, 2.75) is 32.9 Å². The van der Waals surface area contributed by atoms with E-state index in [0.717, 1.165) is 13.1 Å². The third-order valence-corrected chi connectivity index (χ3v) is 4.19. The van der Waals surface area contributed by atoms with Gasteiger partial charge < -0.3 is 10.2 Å². The van der Waals surface area contributed by atoms with Crippen molar-refractivity contribution in [3.05, 3.63) is 65.2 Å². The molecule has 0 atom stereocenters. The van der Waals surface area contributed by atoms with E-state index >= 15 is 0 Å². The van der Waals surface area contributed by atoms with Crippen LogP contribution in [0.2, 0.25) is 0 Å². The summed E-state index contributed by atoms with van der Waals surface area (Å²) in [6.07, 6.45) is 2.67. The number of aryl methyl sites for hydroxylation is 1. The lowest BCUT2D eigenvalue weighted by molar-refractivity contribution is 0.693. The van der Waals surface area contributed by atoms with Gasteiger partial charge in [-0.3, -0.25) is 0 Å². The summed E-state index contributed by atoms with van der Waals surface area (Å²) in [5, 5.41) is 3.51. The Labute approximate surface area is 140 Å². The minimum atomic E-state index is 0. The molecule has 1 aliphatic heterocycles. The fourth-order valence-corrected chi connectivity index (χ4v) is 2.86. The van der Waals surface area contributed by atoms with Gasteiger partial charge in [0, 0.05) is 31.9 Å². The Morgan fingerprint density at radius 1 is 0.818 bits per heavy atom. The van der Waals surface area contributed by atoms with Gasteiger partial charge in [0.05, 0.1) is 0 Å². The molecule has 1 saturated heterocycles. The zero-order chi connectivity index (χ0) is 14.5. The molecule has 0 amide bonds. The van der Waals surface area contributed by atoms with E-state index in [1.54, 1.807) is 0 Å². The molecule has 0 spiro atoms. The topological polar surface area (TPSA) is 15.3 Å². The first-order valence-corrected chi connectivity index (χ1v) is 7.91. The molecule has 2 aromatic carbocycles. The average molecular weight is 317 g/mol. The van der Waals surface area contributed by atoms with E-state index in [9.17, 15) is 0 Å². The highest BCUT2D eigenvalue weighted by molar-refractivity contribution is 5.85. The summed E-state index contributed by atoms with van der Waals surface area (Å²) < 4.78 is 0. The fraction of sp³-hybridized carbons (Fsp3) is 0.368. The van der Waals surface area contributed by atoms with Crippen LogP contribution in [0, 0.1) is 6.92 Å². The standard InChI is InChI=1S/C19H24N2.ClH/c1-16-4-6-17(7-5-16)14-20-15-18-8-10-19(11-9-18)21-12-2-3-13-21;/h4-11,20H,2-3,12-15H2,1H3;1H. The predicted octanol–water partition coefficient (Wildman–Crippen LogP) is 4.31. The summed E-state index contributed by atoms with van der Waals surface area (Å²) >= 11 is 0. The van der Waals surface area contributed by atoms with Gasteiger partial charge in [0.25, 0.3) is 0 Å². The third-order valence-electron chi connectivity index (χ3n) is 4.19. The normalized spacial score (nSPS) is 14.0. The Kier molecular flexibility index (Phi) is 6.29. The van der Waals surface area contributed by atoms with Crippen LogP contribution in [0.15, 0.2) is 48.5 Å². The molecule has 0 radical (unpaired) electrons. The monoisotopic (exact) mass is 316 g/mol. The second-order valence-corrected chi connectivity index (χ2v) is 5.95. The van der Waals surface area contributed by atoms with Crippen molar-refractivity contribution in [2.75, 3.05) is 18.0 Å². The van der Waals surface area contributed by atoms with E-state index < -0.39 is 0 Å². The van der Waals surface area contributed by atoms with Gasteiger partial charge in [0.15, 0.2) is 0 Å². The maximum absolute atomic E-state index is 3.51. The number of rotatable bonds is 5. The highest BCUT2D eigenvalue weighted by Gasteiger charge is 2.11. The fourth-order valence-electron chi connectivity index (χ4n) is 2.86. The molecule has 0 unspecified atom stereocenters. The number of anilines is 1. The van der Waals surface area contributed by atoms with Gasteiger partial charge in [-0.1, -0.05) is 42.0 Å². The zero-order valence-corrected chi connectivity index (χ0v) is 14.0. The van der Waals surface area contributed by atoms with Crippen molar-refractivity contribution < 1.29 is 0 Å². The van der Waals surface area contributed by atoms with E-state index in [2.05, 4.69) is 65.7 Å². The molecular formula is C19H25ClN2. The van der Waals surface area contributed by atoms with Crippen molar-refractivity contribution in [1.29, 1.82) is 0 Å². The first-order valence-electron chi connectivity index (χ1n) is 7.91. The molecule has 1 fully saturated rings. The molecule has 2 nitrogen and oxygen atoms in total. The number of nitrogens with one attached hydrogen (secondary N) is 1. The second kappa shape index (κ2) is 8.21. The molecule has 1 N–H and O–H groups in total. The first kappa shape index (κ1) is 16.9. The summed E-state index contributed by atoms with van der Waals surface area (Å²) in [7, 11) is 0. The maximum atomic E-state index is 3.51. The van der Waals surface area contributed by atoms with Gasteiger partial charge in [0.1, 0.15) is 0 Å². The number of halogens is 1. The Hall–Kier alpha value is -1.51. The van der Waals surface area contributed by atoms with Gasteiger partial charge in [-0.2, -0.15) is 0 Å². The molecule has 3 heteroatoms. The van der Waals surface area contributed by atoms with Crippen LogP contribution in [-0.2, 0) is 13.1 Å². The van der Waals surface area contributed by atoms with E-state index in [0.29, 0.717) is 0 Å². The first-order chi connectivity index (χ1) is 10.3. The maximum Gasteiger partial charge on any atom is 0.0366 e. The number of hydrogen-bond acceptors (Lipinski definition) is 2. The van der Waals surface area contributed by atoms with Crippen LogP contribution in [0.3, 0.4) is 0 Å². The molecule has 0 aromatic heterocycles. The minimum absolute atomic E-state index is 0. The summed E-state index contributed by atoms with van der Waals surface area (Å²) in [5.74, 6) is 0. The lowest BCUT2D eigenvalue weighted by Crippen LogP contribution is -2.17. The second-order valence-electron chi connectivity index (χ2n) is 5.95. The van der Waals surface area contributed by atoms with Crippen LogP contribution in [0.5, 0.6) is 0 Å². The number of hydrogen-bond donors (Lipinski definition) is 1. The Morgan fingerprint density at radius 3 is 1.86 bits per heavy atom. The van der Waals surface area contributed by atoms with Crippen molar-refractivity contribution in [3.8, 4) is 0 Å². The molecule has 22 heavy (non-hydrogen) atoms. The molecule has 0 bridgehead atoms. The molecule has 2 aromatic rings. The summed E-state index contributed by atoms with van der Waals surface area (Å²) in [6.45, 7) is 6.40. The van der Waals surface area contributed by atoms with Crippen LogP contribution < -0.4 is 10.2 Å². The average Bonchev–Trinajstić information content (AvgIpc) is 3.04. The highest BCUT2D eigenvalue weighted by atomic mass is 35.5. The quantitative estimate of drug-likeness (QED) is 0.884. The van der Waals surface area contributed by atoms with Crippen LogP contribution in [0.4, 0.5) is 5.69 Å². The Bertz CT molecular complexity index is 557. The minimum Gasteiger partial charge on any atom is -0.372 e. The summed E-state index contributed by atoms with van der Waals surface area (Å²) in [6, 6.07) is 17.7. The van der Waals surface area contributed by atoms with E-state index in [4.69, 9.17) is 0 Å². The molecule has 1 heterocycles. The van der Waals surface area contributed by atoms with Crippen molar-refractivity contribution in [3.63, 3.8) is 0 Å². The predicted molar refractivity (Wildman–Crippen MR) is 96.9 cm³/mol. The number of nitrogens with zero attached hydrogens (tertiary/aromatic N) is 1. The molecule has 3 rings (SSSR count). The van der Waals surface area contributed by atoms with E-state index in [-0.39, 0.29) is 12.4 Å². The zero-order valence-electron chi connectivity index (χ0n) is 13.2. The molecule has 1 aliphatic rings. The van der Waals surface area contributed by atoms with Gasteiger partial charge in [-0.25, -0.2) is 0 Å². The Morgan fingerprint density at radius 2 is 1.32 bits per heavy atom. The van der Waals surface area contributed by atoms with Crippen LogP contribution in [-0.4, -0.2) is 13.1 Å². The summed E-state index contributed by atoms with van der Waals surface area (Å²) in [4.78, 5) is 2.48. The lowest BCUT2D eigenvalue weighted by Gasteiger charge is -2.17. The SMILES string of the molecule is Cc1ccc(CNCc2ccc(N3CCCC3)cc2)cc1.Cl. The third kappa shape index (κ3) is 4.49. The van der Waals surface area contributed by atoms with Crippen LogP contribution in [0.1, 0.15) is 29.5 Å². The van der Waals surface area contributed by atoms with Crippen molar-refractivity contribution in [1.82, 2.24) is 5.32 Å². The van der Waals surface area contributed by atoms with Crippen LogP contribution in [0.25, 0.3) is 0 Å². The van der Waals surface area contributed by atoms with E-state index in [1.165, 1.54) is 48.3 Å². The molecular weight excluding hydrogens is 292 g/mol. The van der Waals surface area contributed by atoms with Gasteiger partial charge >= 0.3 is 0 Å². The highest BCUT2D eigenvalue weighted by Crippen LogP contribution is 2.20. The van der Waals surface area contributed by atoms with Gasteiger partial charge in [-0.15, -0.1) is 12.4 Å². The van der Waals surface area contributed by atoms with Crippen molar-refractivity contribution in [2.24, 2.45) is 0 Å². The molecule has 118 valence electrons. The Balaban J connectivity index is 0.00000176. The van der Waals surface area contributed by atoms with E-state index in [1.807, 2.05) is 0 Å². The lowest BCUT2D eigenvalue weighted by atomic mass is 10.1.